The third-order valence-electron chi connectivity index (χ3n) is 1.25. The molecular weight excluding hydrogens is 180 g/mol. The fraction of sp³-hybridized carbons (Fsp3) is 0.167. The molecule has 2 N–H and O–H groups in total. The summed E-state index contributed by atoms with van der Waals surface area (Å²) in [6.07, 6.45) is 2.78. The maximum Gasteiger partial charge on any atom is 0.490 e. The number of rotatable bonds is 3. The molecule has 64 valence electrons. The topological polar surface area (TPSA) is 62.6 Å². The minimum atomic E-state index is -1.53. The van der Waals surface area contributed by atoms with Crippen molar-refractivity contribution in [2.75, 3.05) is 6.07 Å². The number of hydrogen-bond donors (Lipinski definition) is 2. The Labute approximate surface area is 74.9 Å². The van der Waals surface area contributed by atoms with Crippen LogP contribution in [0.1, 0.15) is 0 Å². The minimum absolute atomic E-state index is 0.00660. The van der Waals surface area contributed by atoms with Gasteiger partial charge in [-0.1, -0.05) is 11.6 Å². The molecule has 0 aliphatic carbocycles. The van der Waals surface area contributed by atoms with Gasteiger partial charge < -0.3 is 14.8 Å². The average molecular weight is 187 g/mol. The van der Waals surface area contributed by atoms with Crippen molar-refractivity contribution in [2.45, 2.75) is 0 Å². The standard InChI is InChI=1S/C6H7BClNO3/c8-4-12-6-1-5(7(10)11)2-9-3-6/h1-3,10-11H,4H2. The lowest BCUT2D eigenvalue weighted by molar-refractivity contribution is 0.385. The molecule has 0 aliphatic rings. The quantitative estimate of drug-likeness (QED) is 0.487. The first-order chi connectivity index (χ1) is 5.74. The zero-order valence-electron chi connectivity index (χ0n) is 6.14. The molecule has 0 saturated carbocycles. The summed E-state index contributed by atoms with van der Waals surface area (Å²) in [6.45, 7) is 0. The Balaban J connectivity index is 2.81. The van der Waals surface area contributed by atoms with Crippen molar-refractivity contribution >= 4 is 24.2 Å². The van der Waals surface area contributed by atoms with Gasteiger partial charge >= 0.3 is 7.12 Å². The molecule has 4 nitrogen and oxygen atoms in total. The van der Waals surface area contributed by atoms with Gasteiger partial charge in [-0.15, -0.1) is 0 Å². The van der Waals surface area contributed by atoms with Crippen molar-refractivity contribution in [1.82, 2.24) is 4.98 Å². The van der Waals surface area contributed by atoms with Crippen molar-refractivity contribution < 1.29 is 14.8 Å². The molecule has 0 fully saturated rings. The first-order valence-electron chi connectivity index (χ1n) is 3.24. The third-order valence-corrected chi connectivity index (χ3v) is 1.36. The van der Waals surface area contributed by atoms with Gasteiger partial charge in [0.1, 0.15) is 5.75 Å². The van der Waals surface area contributed by atoms with E-state index in [1.54, 1.807) is 0 Å². The molecule has 12 heavy (non-hydrogen) atoms. The number of nitrogens with zero attached hydrogens (tertiary/aromatic N) is 1. The van der Waals surface area contributed by atoms with E-state index in [-0.39, 0.29) is 11.5 Å². The van der Waals surface area contributed by atoms with Crippen molar-refractivity contribution in [2.24, 2.45) is 0 Å². The number of halogens is 1. The summed E-state index contributed by atoms with van der Waals surface area (Å²) in [5, 5.41) is 17.5. The summed E-state index contributed by atoms with van der Waals surface area (Å²) in [7, 11) is -1.53. The van der Waals surface area contributed by atoms with E-state index in [1.807, 2.05) is 0 Å². The van der Waals surface area contributed by atoms with Crippen LogP contribution in [0.5, 0.6) is 5.75 Å². The maximum atomic E-state index is 8.74. The number of alkyl halides is 1. The first-order valence-corrected chi connectivity index (χ1v) is 3.77. The van der Waals surface area contributed by atoms with Gasteiger partial charge in [-0.05, 0) is 6.07 Å². The van der Waals surface area contributed by atoms with Crippen LogP contribution in [-0.2, 0) is 0 Å². The van der Waals surface area contributed by atoms with E-state index in [1.165, 1.54) is 18.5 Å². The summed E-state index contributed by atoms with van der Waals surface area (Å²) in [5.74, 6) is 0.413. The number of aromatic nitrogens is 1. The van der Waals surface area contributed by atoms with E-state index < -0.39 is 7.12 Å². The van der Waals surface area contributed by atoms with Gasteiger partial charge in [0, 0.05) is 11.7 Å². The highest BCUT2D eigenvalue weighted by Gasteiger charge is 2.11. The molecule has 0 bridgehead atoms. The van der Waals surface area contributed by atoms with E-state index in [0.717, 1.165) is 0 Å². The van der Waals surface area contributed by atoms with E-state index >= 15 is 0 Å². The molecule has 0 spiro atoms. The van der Waals surface area contributed by atoms with E-state index in [0.29, 0.717) is 5.75 Å². The Hall–Kier alpha value is -0.775. The SMILES string of the molecule is OB(O)c1cncc(OCCl)c1. The number of ether oxygens (including phenoxy) is 1. The predicted molar refractivity (Wildman–Crippen MR) is 45.4 cm³/mol. The summed E-state index contributed by atoms with van der Waals surface area (Å²) in [5.41, 5.74) is 0.276. The molecule has 0 radical (unpaired) electrons. The smallest absolute Gasteiger partial charge is 0.476 e. The summed E-state index contributed by atoms with van der Waals surface area (Å²) < 4.78 is 4.88. The maximum absolute atomic E-state index is 8.74. The Kier molecular flexibility index (Phi) is 3.34. The molecular formula is C6H7BClNO3. The van der Waals surface area contributed by atoms with Crippen LogP contribution in [0.3, 0.4) is 0 Å². The monoisotopic (exact) mass is 187 g/mol. The number of hydrogen-bond acceptors (Lipinski definition) is 4. The average Bonchev–Trinajstić information content (AvgIpc) is 2.05. The van der Waals surface area contributed by atoms with Crippen LogP contribution in [0, 0.1) is 0 Å². The van der Waals surface area contributed by atoms with Crippen LogP contribution < -0.4 is 10.2 Å². The van der Waals surface area contributed by atoms with Gasteiger partial charge in [0.25, 0.3) is 0 Å². The molecule has 6 heteroatoms. The first kappa shape index (κ1) is 9.31. The highest BCUT2D eigenvalue weighted by atomic mass is 35.5. The fourth-order valence-electron chi connectivity index (χ4n) is 0.719. The Morgan fingerprint density at radius 2 is 2.25 bits per heavy atom. The van der Waals surface area contributed by atoms with Crippen LogP contribution in [-0.4, -0.2) is 28.2 Å². The fourth-order valence-corrected chi connectivity index (χ4v) is 0.845. The van der Waals surface area contributed by atoms with Gasteiger partial charge in [-0.25, -0.2) is 0 Å². The zero-order chi connectivity index (χ0) is 8.97. The van der Waals surface area contributed by atoms with Gasteiger partial charge in [-0.3, -0.25) is 4.98 Å². The summed E-state index contributed by atoms with van der Waals surface area (Å²) >= 11 is 5.29. The van der Waals surface area contributed by atoms with Crippen LogP contribution >= 0.6 is 11.6 Å². The molecule has 0 unspecified atom stereocenters. The van der Waals surface area contributed by atoms with Crippen LogP contribution in [0.15, 0.2) is 18.5 Å². The van der Waals surface area contributed by atoms with E-state index in [9.17, 15) is 0 Å². The van der Waals surface area contributed by atoms with Crippen molar-refractivity contribution in [3.63, 3.8) is 0 Å². The lowest BCUT2D eigenvalue weighted by Crippen LogP contribution is -2.30. The molecule has 1 aromatic rings. The second-order valence-corrected chi connectivity index (χ2v) is 2.30. The lowest BCUT2D eigenvalue weighted by atomic mass is 9.82. The van der Waals surface area contributed by atoms with Gasteiger partial charge in [-0.2, -0.15) is 0 Å². The molecule has 0 saturated heterocycles. The second-order valence-electron chi connectivity index (χ2n) is 2.08. The van der Waals surface area contributed by atoms with Gasteiger partial charge in [0.05, 0.1) is 6.20 Å². The zero-order valence-corrected chi connectivity index (χ0v) is 6.90. The molecule has 1 heterocycles. The summed E-state index contributed by atoms with van der Waals surface area (Å²) in [4.78, 5) is 3.72. The Morgan fingerprint density at radius 1 is 1.50 bits per heavy atom. The van der Waals surface area contributed by atoms with E-state index in [2.05, 4.69) is 4.98 Å². The normalized spacial score (nSPS) is 9.58. The van der Waals surface area contributed by atoms with Crippen LogP contribution in [0.2, 0.25) is 0 Å². The van der Waals surface area contributed by atoms with Crippen molar-refractivity contribution in [3.8, 4) is 5.75 Å². The van der Waals surface area contributed by atoms with Crippen LogP contribution in [0.25, 0.3) is 0 Å². The Morgan fingerprint density at radius 3 is 2.83 bits per heavy atom. The predicted octanol–water partition coefficient (Wildman–Crippen LogP) is -0.664. The molecule has 1 aromatic heterocycles. The van der Waals surface area contributed by atoms with E-state index in [4.69, 9.17) is 26.4 Å². The highest BCUT2D eigenvalue weighted by Crippen LogP contribution is 2.05. The molecule has 1 rings (SSSR count). The summed E-state index contributed by atoms with van der Waals surface area (Å²) in [6, 6.07) is 1.46. The highest BCUT2D eigenvalue weighted by molar-refractivity contribution is 6.58. The molecule has 0 aromatic carbocycles. The lowest BCUT2D eigenvalue weighted by Gasteiger charge is -2.02. The molecule has 0 amide bonds. The largest absolute Gasteiger partial charge is 0.490 e. The Bertz CT molecular complexity index is 258. The molecule has 0 atom stereocenters. The molecule has 0 aliphatic heterocycles. The second kappa shape index (κ2) is 4.30. The minimum Gasteiger partial charge on any atom is -0.476 e. The van der Waals surface area contributed by atoms with Gasteiger partial charge in [0.15, 0.2) is 6.07 Å². The third kappa shape index (κ3) is 2.37. The van der Waals surface area contributed by atoms with Crippen molar-refractivity contribution in [1.29, 1.82) is 0 Å². The van der Waals surface area contributed by atoms with Gasteiger partial charge in [0.2, 0.25) is 0 Å². The number of pyridine rings is 1. The van der Waals surface area contributed by atoms with Crippen LogP contribution in [0.4, 0.5) is 0 Å². The van der Waals surface area contributed by atoms with Crippen molar-refractivity contribution in [3.05, 3.63) is 18.5 Å².